The molecule has 0 radical (unpaired) electrons. The predicted molar refractivity (Wildman–Crippen MR) is 112 cm³/mol. The number of rotatable bonds is 4. The molecular formula is C18H24Cl2O3Si2. The number of carbonyl (C=O) groups is 2. The summed E-state index contributed by atoms with van der Waals surface area (Å²) in [4.78, 5) is 20.8. The molecule has 0 heterocycles. The van der Waals surface area contributed by atoms with Gasteiger partial charge in [-0.1, -0.05) is 67.2 Å². The number of halogens is 2. The highest BCUT2D eigenvalue weighted by molar-refractivity contribution is 6.73. The van der Waals surface area contributed by atoms with Crippen LogP contribution in [-0.2, 0) is 4.12 Å². The van der Waals surface area contributed by atoms with E-state index in [-0.39, 0.29) is 9.76 Å². The van der Waals surface area contributed by atoms with Gasteiger partial charge in [0, 0.05) is 11.1 Å². The predicted octanol–water partition coefficient (Wildman–Crippen LogP) is 5.10. The molecule has 0 unspecified atom stereocenters. The van der Waals surface area contributed by atoms with Crippen LogP contribution in [0.4, 0.5) is 0 Å². The van der Waals surface area contributed by atoms with Crippen molar-refractivity contribution >= 4 is 51.8 Å². The Bertz CT molecular complexity index is 580. The van der Waals surface area contributed by atoms with E-state index in [4.69, 9.17) is 27.3 Å². The topological polar surface area (TPSA) is 43.4 Å². The second-order valence-electron chi connectivity index (χ2n) is 5.82. The third-order valence-electron chi connectivity index (χ3n) is 2.58. The first-order valence-electron chi connectivity index (χ1n) is 7.81. The van der Waals surface area contributed by atoms with Gasteiger partial charge < -0.3 is 4.12 Å². The Morgan fingerprint density at radius 3 is 1.24 bits per heavy atom. The molecule has 0 saturated carbocycles. The molecule has 7 heteroatoms. The van der Waals surface area contributed by atoms with Crippen molar-refractivity contribution in [3.8, 4) is 0 Å². The average molecular weight is 415 g/mol. The molecule has 136 valence electrons. The Labute approximate surface area is 163 Å². The normalized spacial score (nSPS) is 10.3. The van der Waals surface area contributed by atoms with Crippen LogP contribution in [0.2, 0.25) is 26.2 Å². The molecule has 0 aromatic heterocycles. The number of benzene rings is 2. The fourth-order valence-electron chi connectivity index (χ4n) is 1.57. The van der Waals surface area contributed by atoms with E-state index in [0.29, 0.717) is 11.1 Å². The van der Waals surface area contributed by atoms with Crippen molar-refractivity contribution < 1.29 is 13.7 Å². The van der Waals surface area contributed by atoms with Crippen LogP contribution in [0.3, 0.4) is 0 Å². The summed E-state index contributed by atoms with van der Waals surface area (Å²) in [5.41, 5.74) is 1.08. The van der Waals surface area contributed by atoms with E-state index in [2.05, 4.69) is 26.2 Å². The molecule has 2 aromatic rings. The Kier molecular flexibility index (Phi) is 12.4. The molecule has 0 atom stereocenters. The average Bonchev–Trinajstić information content (AvgIpc) is 2.56. The highest BCUT2D eigenvalue weighted by atomic mass is 35.5. The molecule has 0 saturated heterocycles. The van der Waals surface area contributed by atoms with Crippen molar-refractivity contribution in [2.75, 3.05) is 0 Å². The highest BCUT2D eigenvalue weighted by Crippen LogP contribution is 2.02. The highest BCUT2D eigenvalue weighted by Gasteiger charge is 2.10. The lowest BCUT2D eigenvalue weighted by atomic mass is 10.2. The summed E-state index contributed by atoms with van der Waals surface area (Å²) in [6.07, 6.45) is 0. The Morgan fingerprint density at radius 1 is 0.800 bits per heavy atom. The van der Waals surface area contributed by atoms with E-state index in [1.54, 1.807) is 48.5 Å². The summed E-state index contributed by atoms with van der Waals surface area (Å²) in [6, 6.07) is 17.5. The summed E-state index contributed by atoms with van der Waals surface area (Å²) in [5, 5.41) is -0.814. The van der Waals surface area contributed by atoms with Gasteiger partial charge in [-0.2, -0.15) is 0 Å². The Hall–Kier alpha value is -1.25. The molecule has 0 amide bonds. The van der Waals surface area contributed by atoms with Gasteiger partial charge in [-0.25, -0.2) is 0 Å². The maximum atomic E-state index is 10.4. The van der Waals surface area contributed by atoms with Crippen LogP contribution < -0.4 is 0 Å². The van der Waals surface area contributed by atoms with E-state index in [0.717, 1.165) is 0 Å². The molecule has 0 spiro atoms. The fraction of sp³-hybridized carbons (Fsp3) is 0.222. The molecular weight excluding hydrogens is 391 g/mol. The van der Waals surface area contributed by atoms with Gasteiger partial charge in [0.15, 0.2) is 8.32 Å². The van der Waals surface area contributed by atoms with Crippen molar-refractivity contribution in [3.63, 3.8) is 0 Å². The van der Waals surface area contributed by atoms with Crippen molar-refractivity contribution in [2.45, 2.75) is 26.2 Å². The third kappa shape index (κ3) is 13.7. The van der Waals surface area contributed by atoms with Gasteiger partial charge in [-0.3, -0.25) is 9.59 Å². The molecule has 0 N–H and O–H groups in total. The van der Waals surface area contributed by atoms with Crippen LogP contribution in [0.1, 0.15) is 20.7 Å². The van der Waals surface area contributed by atoms with Gasteiger partial charge in [-0.15, -0.1) is 0 Å². The zero-order valence-corrected chi connectivity index (χ0v) is 18.9. The number of hydrogen-bond donors (Lipinski definition) is 0. The Balaban J connectivity index is 0.000000350. The van der Waals surface area contributed by atoms with Crippen LogP contribution in [-0.4, -0.2) is 28.6 Å². The van der Waals surface area contributed by atoms with Crippen molar-refractivity contribution in [2.24, 2.45) is 0 Å². The van der Waals surface area contributed by atoms with Crippen molar-refractivity contribution in [3.05, 3.63) is 71.8 Å². The molecule has 2 aromatic carbocycles. The number of hydrogen-bond acceptors (Lipinski definition) is 3. The van der Waals surface area contributed by atoms with E-state index in [1.165, 1.54) is 0 Å². The lowest BCUT2D eigenvalue weighted by Gasteiger charge is -2.14. The van der Waals surface area contributed by atoms with E-state index >= 15 is 0 Å². The van der Waals surface area contributed by atoms with Gasteiger partial charge >= 0.3 is 0 Å². The van der Waals surface area contributed by atoms with Gasteiger partial charge in [0.2, 0.25) is 0 Å². The van der Waals surface area contributed by atoms with Crippen LogP contribution in [0.25, 0.3) is 0 Å². The van der Waals surface area contributed by atoms with Gasteiger partial charge in [0.1, 0.15) is 9.76 Å². The maximum Gasteiger partial charge on any atom is 0.252 e. The fourth-order valence-corrected chi connectivity index (χ4v) is 5.29. The van der Waals surface area contributed by atoms with Crippen molar-refractivity contribution in [1.29, 1.82) is 0 Å². The summed E-state index contributed by atoms with van der Waals surface area (Å²) in [6.45, 7) is 8.86. The van der Waals surface area contributed by atoms with Crippen LogP contribution in [0.5, 0.6) is 0 Å². The number of carbonyl (C=O) groups excluding carboxylic acids is 2. The molecule has 0 aliphatic carbocycles. The minimum Gasteiger partial charge on any atom is -0.461 e. The molecule has 3 nitrogen and oxygen atoms in total. The molecule has 0 aliphatic heterocycles. The first-order chi connectivity index (χ1) is 11.7. The molecule has 2 rings (SSSR count). The zero-order chi connectivity index (χ0) is 19.3. The van der Waals surface area contributed by atoms with E-state index in [9.17, 15) is 9.59 Å². The maximum absolute atomic E-state index is 10.4. The van der Waals surface area contributed by atoms with Crippen molar-refractivity contribution in [1.82, 2.24) is 0 Å². The largest absolute Gasteiger partial charge is 0.461 e. The summed E-state index contributed by atoms with van der Waals surface area (Å²) >= 11 is 10.3. The van der Waals surface area contributed by atoms with E-state index < -0.39 is 18.8 Å². The lowest BCUT2D eigenvalue weighted by Crippen LogP contribution is -2.26. The molecule has 0 bridgehead atoms. The smallest absolute Gasteiger partial charge is 0.252 e. The first-order valence-corrected chi connectivity index (χ1v) is 14.0. The standard InChI is InChI=1S/2C7H5ClO.C4H14OSi2/c2*8-7(9)6-4-2-1-3-5-6;1-6-5-7(2,3)4/h2*1-5H;6H2,1-4H3. The summed E-state index contributed by atoms with van der Waals surface area (Å²) in [7, 11) is -1.22. The zero-order valence-electron chi connectivity index (χ0n) is 15.0. The minimum atomic E-state index is -1.10. The second-order valence-corrected chi connectivity index (χ2v) is 12.5. The minimum absolute atomic E-state index is 0.128. The van der Waals surface area contributed by atoms with Gasteiger partial charge in [-0.05, 0) is 42.8 Å². The summed E-state index contributed by atoms with van der Waals surface area (Å²) < 4.78 is 5.51. The molecule has 0 fully saturated rings. The summed E-state index contributed by atoms with van der Waals surface area (Å²) in [5.74, 6) is 0. The molecule has 0 aliphatic rings. The SMILES string of the molecule is C[SiH2]O[Si](C)(C)C.O=C(Cl)c1ccccc1.O=C(Cl)c1ccccc1. The van der Waals surface area contributed by atoms with Crippen LogP contribution >= 0.6 is 23.2 Å². The quantitative estimate of drug-likeness (QED) is 0.515. The Morgan fingerprint density at radius 2 is 1.12 bits per heavy atom. The third-order valence-corrected chi connectivity index (χ3v) is 7.63. The van der Waals surface area contributed by atoms with Gasteiger partial charge in [0.05, 0.1) is 0 Å². The van der Waals surface area contributed by atoms with Gasteiger partial charge in [0.25, 0.3) is 10.5 Å². The monoisotopic (exact) mass is 414 g/mol. The van der Waals surface area contributed by atoms with E-state index in [1.807, 2.05) is 12.1 Å². The van der Waals surface area contributed by atoms with Crippen LogP contribution in [0.15, 0.2) is 60.7 Å². The van der Waals surface area contributed by atoms with Crippen LogP contribution in [0, 0.1) is 0 Å². The second kappa shape index (κ2) is 13.0. The first kappa shape index (κ1) is 23.8. The lowest BCUT2D eigenvalue weighted by molar-refractivity contribution is 0.107. The molecule has 25 heavy (non-hydrogen) atoms.